The second-order valence-electron chi connectivity index (χ2n) is 4.66. The normalized spacial score (nSPS) is 11.3. The van der Waals surface area contributed by atoms with E-state index in [-0.39, 0.29) is 0 Å². The molecule has 1 aromatic carbocycles. The molecule has 0 radical (unpaired) electrons. The summed E-state index contributed by atoms with van der Waals surface area (Å²) in [6.45, 7) is 14.1. The third-order valence-corrected chi connectivity index (χ3v) is 2.88. The van der Waals surface area contributed by atoms with Crippen LogP contribution in [0, 0.1) is 6.92 Å². The molecule has 0 aliphatic heterocycles. The molecule has 2 rings (SSSR count). The van der Waals surface area contributed by atoms with Crippen molar-refractivity contribution < 1.29 is 0 Å². The quantitative estimate of drug-likeness (QED) is 0.748. The van der Waals surface area contributed by atoms with E-state index in [1.54, 1.807) is 0 Å². The Labute approximate surface area is 114 Å². The van der Waals surface area contributed by atoms with Crippen LogP contribution in [0.4, 0.5) is 0 Å². The van der Waals surface area contributed by atoms with Gasteiger partial charge in [-0.2, -0.15) is 0 Å². The van der Waals surface area contributed by atoms with E-state index in [9.17, 15) is 0 Å². The van der Waals surface area contributed by atoms with E-state index in [1.165, 1.54) is 5.56 Å². The van der Waals surface area contributed by atoms with Crippen LogP contribution in [-0.4, -0.2) is 15.8 Å². The molecule has 1 heterocycles. The van der Waals surface area contributed by atoms with Gasteiger partial charge in [0.25, 0.3) is 0 Å². The van der Waals surface area contributed by atoms with Crippen LogP contribution in [0.2, 0.25) is 0 Å². The molecular formula is C16H19N3. The molecule has 0 fully saturated rings. The Hall–Kier alpha value is -2.16. The van der Waals surface area contributed by atoms with Crippen LogP contribution in [0.3, 0.4) is 0 Å². The van der Waals surface area contributed by atoms with Crippen molar-refractivity contribution in [2.75, 3.05) is 0 Å². The lowest BCUT2D eigenvalue weighted by Crippen LogP contribution is -1.98. The molecule has 3 nitrogen and oxygen atoms in total. The van der Waals surface area contributed by atoms with Gasteiger partial charge in [-0.25, -0.2) is 4.98 Å². The zero-order chi connectivity index (χ0) is 14.0. The van der Waals surface area contributed by atoms with E-state index in [1.807, 2.05) is 24.6 Å². The summed E-state index contributed by atoms with van der Waals surface area (Å²) in [6.07, 6.45) is 2.72. The lowest BCUT2D eigenvalue weighted by molar-refractivity contribution is 1.07. The summed E-state index contributed by atoms with van der Waals surface area (Å²) in [5, 5.41) is 0. The lowest BCUT2D eigenvalue weighted by Gasteiger charge is -2.07. The van der Waals surface area contributed by atoms with Crippen LogP contribution >= 0.6 is 0 Å². The lowest BCUT2D eigenvalue weighted by atomic mass is 10.2. The number of aliphatic imine (C=N–C) groups is 1. The number of aromatic nitrogens is 2. The van der Waals surface area contributed by atoms with Crippen LogP contribution in [-0.2, 0) is 0 Å². The van der Waals surface area contributed by atoms with E-state index in [0.717, 1.165) is 29.0 Å². The Morgan fingerprint density at radius 3 is 2.79 bits per heavy atom. The maximum absolute atomic E-state index is 4.64. The number of imidazole rings is 1. The molecule has 0 saturated heterocycles. The molecule has 0 amide bonds. The van der Waals surface area contributed by atoms with Crippen LogP contribution in [0.25, 0.3) is 22.4 Å². The molecule has 19 heavy (non-hydrogen) atoms. The predicted octanol–water partition coefficient (Wildman–Crippen LogP) is 4.29. The Morgan fingerprint density at radius 2 is 2.16 bits per heavy atom. The summed E-state index contributed by atoms with van der Waals surface area (Å²) >= 11 is 0. The van der Waals surface area contributed by atoms with Gasteiger partial charge in [0.05, 0.1) is 16.7 Å². The Kier molecular flexibility index (Phi) is 3.65. The molecule has 0 aliphatic rings. The topological polar surface area (TPSA) is 30.2 Å². The maximum atomic E-state index is 4.64. The molecule has 0 saturated carbocycles. The Balaban J connectivity index is 2.66. The fourth-order valence-electron chi connectivity index (χ4n) is 2.03. The van der Waals surface area contributed by atoms with Crippen molar-refractivity contribution in [2.45, 2.75) is 27.2 Å². The van der Waals surface area contributed by atoms with Crippen LogP contribution in [0.1, 0.15) is 31.7 Å². The number of aryl methyl sites for hydroxylation is 1. The smallest absolute Gasteiger partial charge is 0.163 e. The zero-order valence-corrected chi connectivity index (χ0v) is 11.8. The zero-order valence-electron chi connectivity index (χ0n) is 11.8. The van der Waals surface area contributed by atoms with E-state index in [4.69, 9.17) is 0 Å². The molecule has 1 aromatic heterocycles. The second-order valence-corrected chi connectivity index (χ2v) is 4.66. The minimum atomic E-state index is 0.665. The highest BCUT2D eigenvalue weighted by atomic mass is 15.1. The highest BCUT2D eigenvalue weighted by Gasteiger charge is 2.13. The van der Waals surface area contributed by atoms with Gasteiger partial charge in [0.15, 0.2) is 5.82 Å². The van der Waals surface area contributed by atoms with Gasteiger partial charge in [-0.1, -0.05) is 26.1 Å². The molecule has 2 aromatic rings. The van der Waals surface area contributed by atoms with Gasteiger partial charge in [-0.3, -0.25) is 9.56 Å². The highest BCUT2D eigenvalue weighted by Crippen LogP contribution is 2.25. The largest absolute Gasteiger partial charge is 0.296 e. The minimum absolute atomic E-state index is 0.665. The summed E-state index contributed by atoms with van der Waals surface area (Å²) in [4.78, 5) is 8.97. The minimum Gasteiger partial charge on any atom is -0.296 e. The summed E-state index contributed by atoms with van der Waals surface area (Å²) in [5.74, 6) is 0.762. The first kappa shape index (κ1) is 13.3. The summed E-state index contributed by atoms with van der Waals surface area (Å²) in [7, 11) is 0. The van der Waals surface area contributed by atoms with Crippen molar-refractivity contribution in [3.63, 3.8) is 0 Å². The number of nitrogens with zero attached hydrogens (tertiary/aromatic N) is 3. The van der Waals surface area contributed by atoms with Crippen LogP contribution < -0.4 is 0 Å². The number of allylic oxidation sites excluding steroid dienone is 1. The van der Waals surface area contributed by atoms with Crippen molar-refractivity contribution in [1.82, 2.24) is 9.55 Å². The average Bonchev–Trinajstić information content (AvgIpc) is 2.74. The third-order valence-electron chi connectivity index (χ3n) is 2.88. The second kappa shape index (κ2) is 5.22. The fraction of sp³-hybridized carbons (Fsp3) is 0.250. The third kappa shape index (κ3) is 2.50. The van der Waals surface area contributed by atoms with Crippen molar-refractivity contribution in [3.8, 4) is 0 Å². The summed E-state index contributed by atoms with van der Waals surface area (Å²) < 4.78 is 2.00. The SMILES string of the molecule is C=C(N=CCC)c1nc2cc(C)ccc2n1C(=C)C. The van der Waals surface area contributed by atoms with Gasteiger partial charge < -0.3 is 0 Å². The molecule has 98 valence electrons. The van der Waals surface area contributed by atoms with Crippen LogP contribution in [0.15, 0.2) is 36.3 Å². The molecule has 0 N–H and O–H groups in total. The maximum Gasteiger partial charge on any atom is 0.163 e. The van der Waals surface area contributed by atoms with Gasteiger partial charge in [-0.15, -0.1) is 0 Å². The molecule has 0 bridgehead atoms. The molecular weight excluding hydrogens is 234 g/mol. The Bertz CT molecular complexity index is 675. The average molecular weight is 253 g/mol. The fourth-order valence-corrected chi connectivity index (χ4v) is 2.03. The molecule has 3 heteroatoms. The van der Waals surface area contributed by atoms with Gasteiger partial charge >= 0.3 is 0 Å². The van der Waals surface area contributed by atoms with E-state index in [0.29, 0.717) is 5.70 Å². The summed E-state index contributed by atoms with van der Waals surface area (Å²) in [5.41, 5.74) is 4.76. The van der Waals surface area contributed by atoms with Crippen molar-refractivity contribution in [3.05, 3.63) is 42.7 Å². The highest BCUT2D eigenvalue weighted by molar-refractivity contribution is 5.84. The van der Waals surface area contributed by atoms with Crippen molar-refractivity contribution in [1.29, 1.82) is 0 Å². The first-order valence-electron chi connectivity index (χ1n) is 6.41. The van der Waals surface area contributed by atoms with Gasteiger partial charge in [-0.05, 0) is 38.0 Å². The first-order chi connectivity index (χ1) is 9.04. The monoisotopic (exact) mass is 253 g/mol. The van der Waals surface area contributed by atoms with E-state index < -0.39 is 0 Å². The number of hydrogen-bond donors (Lipinski definition) is 0. The molecule has 0 atom stereocenters. The Morgan fingerprint density at radius 1 is 1.42 bits per heavy atom. The molecule has 0 aliphatic carbocycles. The van der Waals surface area contributed by atoms with Gasteiger partial charge in [0.1, 0.15) is 0 Å². The standard InChI is InChI=1S/C16H19N3/c1-6-9-17-13(5)16-18-14-10-12(4)7-8-15(14)19(16)11(2)3/h7-10H,2,5-6H2,1,3-4H3. The van der Waals surface area contributed by atoms with E-state index >= 15 is 0 Å². The molecule has 0 unspecified atom stereocenters. The van der Waals surface area contributed by atoms with Gasteiger partial charge in [0.2, 0.25) is 0 Å². The number of rotatable bonds is 4. The van der Waals surface area contributed by atoms with Crippen molar-refractivity contribution in [2.24, 2.45) is 4.99 Å². The molecule has 0 spiro atoms. The number of hydrogen-bond acceptors (Lipinski definition) is 2. The van der Waals surface area contributed by atoms with Crippen LogP contribution in [0.5, 0.6) is 0 Å². The summed E-state index contributed by atoms with van der Waals surface area (Å²) in [6, 6.07) is 6.20. The number of benzene rings is 1. The van der Waals surface area contributed by atoms with Gasteiger partial charge in [0, 0.05) is 11.9 Å². The predicted molar refractivity (Wildman–Crippen MR) is 83.3 cm³/mol. The van der Waals surface area contributed by atoms with Crippen molar-refractivity contribution >= 4 is 28.6 Å². The number of fused-ring (bicyclic) bond motifs is 1. The first-order valence-corrected chi connectivity index (χ1v) is 6.41. The van der Waals surface area contributed by atoms with E-state index in [2.05, 4.69) is 48.3 Å².